The first kappa shape index (κ1) is 25.8. The molecule has 4 rings (SSSR count). The van der Waals surface area contributed by atoms with E-state index < -0.39 is 17.8 Å². The highest BCUT2D eigenvalue weighted by molar-refractivity contribution is 5.92. The van der Waals surface area contributed by atoms with Crippen LogP contribution < -0.4 is 20.5 Å². The first-order valence-corrected chi connectivity index (χ1v) is 11.6. The van der Waals surface area contributed by atoms with Gasteiger partial charge in [-0.1, -0.05) is 0 Å². The van der Waals surface area contributed by atoms with E-state index in [9.17, 15) is 13.2 Å². The van der Waals surface area contributed by atoms with E-state index >= 15 is 0 Å². The highest BCUT2D eigenvalue weighted by atomic mass is 19.4. The normalized spacial score (nSPS) is 16.8. The smallest absolute Gasteiger partial charge is 0.416 e. The van der Waals surface area contributed by atoms with Crippen molar-refractivity contribution in [2.45, 2.75) is 38.6 Å². The number of anilines is 2. The summed E-state index contributed by atoms with van der Waals surface area (Å²) in [5, 5.41) is 3.84. The van der Waals surface area contributed by atoms with E-state index in [-0.39, 0.29) is 11.8 Å². The summed E-state index contributed by atoms with van der Waals surface area (Å²) in [5.41, 5.74) is 5.96. The summed E-state index contributed by atoms with van der Waals surface area (Å²) in [4.78, 5) is 8.98. The predicted molar refractivity (Wildman–Crippen MR) is 129 cm³/mol. The molecule has 36 heavy (non-hydrogen) atoms. The molecule has 1 fully saturated rings. The molecule has 1 saturated heterocycles. The number of alkyl halides is 3. The van der Waals surface area contributed by atoms with Gasteiger partial charge in [-0.3, -0.25) is 0 Å². The molecule has 8 nitrogen and oxygen atoms in total. The van der Waals surface area contributed by atoms with Crippen LogP contribution in [0.5, 0.6) is 11.5 Å². The van der Waals surface area contributed by atoms with Gasteiger partial charge >= 0.3 is 6.18 Å². The van der Waals surface area contributed by atoms with Gasteiger partial charge in [0.2, 0.25) is 0 Å². The Labute approximate surface area is 206 Å². The van der Waals surface area contributed by atoms with Gasteiger partial charge in [0.1, 0.15) is 18.2 Å². The van der Waals surface area contributed by atoms with Crippen LogP contribution in [0, 0.1) is 6.92 Å². The van der Waals surface area contributed by atoms with Crippen molar-refractivity contribution in [3.05, 3.63) is 47.3 Å². The molecule has 0 saturated carbocycles. The van der Waals surface area contributed by atoms with E-state index in [1.807, 2.05) is 0 Å². The Balaban J connectivity index is 1.59. The molecule has 1 aliphatic heterocycles. The SMILES string of the molecule is COc1cc2nc(C)nc(N[C@H](C)c3cc(N)cc(C(F)(F)F)c3)c2cc1OCCO[C@@H]1CCOC1. The Morgan fingerprint density at radius 1 is 1.14 bits per heavy atom. The van der Waals surface area contributed by atoms with E-state index in [1.165, 1.54) is 13.2 Å². The Bertz CT molecular complexity index is 1220. The van der Waals surface area contributed by atoms with Crippen LogP contribution in [0.15, 0.2) is 30.3 Å². The van der Waals surface area contributed by atoms with Gasteiger partial charge in [0.05, 0.1) is 43.5 Å². The summed E-state index contributed by atoms with van der Waals surface area (Å²) in [6, 6.07) is 6.47. The van der Waals surface area contributed by atoms with E-state index in [2.05, 4.69) is 15.3 Å². The summed E-state index contributed by atoms with van der Waals surface area (Å²) >= 11 is 0. The number of rotatable bonds is 9. The van der Waals surface area contributed by atoms with Gasteiger partial charge in [-0.15, -0.1) is 0 Å². The fourth-order valence-electron chi connectivity index (χ4n) is 4.02. The molecular weight excluding hydrogens is 477 g/mol. The molecule has 0 bridgehead atoms. The minimum absolute atomic E-state index is 0.0315. The lowest BCUT2D eigenvalue weighted by Gasteiger charge is -2.20. The Hall–Kier alpha value is -3.31. The molecule has 0 spiro atoms. The molecule has 2 heterocycles. The van der Waals surface area contributed by atoms with Crippen molar-refractivity contribution in [2.75, 3.05) is 44.6 Å². The van der Waals surface area contributed by atoms with Gasteiger partial charge < -0.3 is 30.0 Å². The molecule has 11 heteroatoms. The number of hydrogen-bond donors (Lipinski definition) is 2. The lowest BCUT2D eigenvalue weighted by molar-refractivity contribution is -0.137. The molecule has 1 aliphatic rings. The summed E-state index contributed by atoms with van der Waals surface area (Å²) in [6.45, 7) is 5.44. The lowest BCUT2D eigenvalue weighted by Crippen LogP contribution is -2.17. The maximum atomic E-state index is 13.3. The van der Waals surface area contributed by atoms with Crippen molar-refractivity contribution in [1.29, 1.82) is 0 Å². The number of aryl methyl sites for hydroxylation is 1. The van der Waals surface area contributed by atoms with E-state index in [0.29, 0.717) is 66.0 Å². The molecule has 2 aromatic carbocycles. The molecule has 0 aliphatic carbocycles. The maximum Gasteiger partial charge on any atom is 0.416 e. The molecule has 194 valence electrons. The van der Waals surface area contributed by atoms with Crippen molar-refractivity contribution in [3.63, 3.8) is 0 Å². The minimum Gasteiger partial charge on any atom is -0.493 e. The van der Waals surface area contributed by atoms with Crippen molar-refractivity contribution in [2.24, 2.45) is 0 Å². The zero-order valence-corrected chi connectivity index (χ0v) is 20.3. The van der Waals surface area contributed by atoms with Crippen molar-refractivity contribution in [3.8, 4) is 11.5 Å². The van der Waals surface area contributed by atoms with Gasteiger partial charge in [-0.25, -0.2) is 9.97 Å². The van der Waals surface area contributed by atoms with Gasteiger partial charge in [-0.2, -0.15) is 13.2 Å². The largest absolute Gasteiger partial charge is 0.493 e. The van der Waals surface area contributed by atoms with E-state index in [4.69, 9.17) is 24.7 Å². The second kappa shape index (κ2) is 10.8. The molecule has 2 atom stereocenters. The summed E-state index contributed by atoms with van der Waals surface area (Å²) in [6.07, 6.45) is -3.56. The quantitative estimate of drug-likeness (QED) is 0.312. The molecular formula is C25H29F3N4O4. The summed E-state index contributed by atoms with van der Waals surface area (Å²) in [7, 11) is 1.54. The van der Waals surface area contributed by atoms with Crippen LogP contribution in [0.1, 0.15) is 36.3 Å². The van der Waals surface area contributed by atoms with Crippen molar-refractivity contribution >= 4 is 22.4 Å². The van der Waals surface area contributed by atoms with Crippen LogP contribution in [0.4, 0.5) is 24.7 Å². The van der Waals surface area contributed by atoms with Crippen molar-refractivity contribution in [1.82, 2.24) is 9.97 Å². The standard InChI is InChI=1S/C25H29F3N4O4/c1-14(16-8-17(25(26,27)28)10-18(29)9-16)30-24-20-11-23(36-7-6-35-19-4-5-34-13-19)22(33-3)12-21(20)31-15(2)32-24/h8-12,14,19H,4-7,13,29H2,1-3H3,(H,30,31,32)/t14-,19-/m1/s1. The maximum absolute atomic E-state index is 13.3. The first-order chi connectivity index (χ1) is 17.1. The Morgan fingerprint density at radius 3 is 2.64 bits per heavy atom. The molecule has 3 aromatic rings. The fraction of sp³-hybridized carbons (Fsp3) is 0.440. The highest BCUT2D eigenvalue weighted by Crippen LogP contribution is 2.37. The number of benzene rings is 2. The van der Waals surface area contributed by atoms with Crippen LogP contribution in [0.25, 0.3) is 10.9 Å². The molecule has 0 amide bonds. The Kier molecular flexibility index (Phi) is 7.70. The molecule has 3 N–H and O–H groups in total. The average Bonchev–Trinajstić information content (AvgIpc) is 3.34. The Morgan fingerprint density at radius 2 is 1.94 bits per heavy atom. The van der Waals surface area contributed by atoms with Crippen LogP contribution in [0.3, 0.4) is 0 Å². The third-order valence-corrected chi connectivity index (χ3v) is 5.83. The minimum atomic E-state index is -4.50. The second-order valence-electron chi connectivity index (χ2n) is 8.60. The summed E-state index contributed by atoms with van der Waals surface area (Å²) < 4.78 is 62.3. The highest BCUT2D eigenvalue weighted by Gasteiger charge is 2.31. The lowest BCUT2D eigenvalue weighted by atomic mass is 10.0. The van der Waals surface area contributed by atoms with Crippen LogP contribution in [-0.2, 0) is 15.7 Å². The predicted octanol–water partition coefficient (Wildman–Crippen LogP) is 4.91. The zero-order chi connectivity index (χ0) is 25.9. The van der Waals surface area contributed by atoms with Gasteiger partial charge in [0.25, 0.3) is 0 Å². The number of nitrogen functional groups attached to an aromatic ring is 1. The van der Waals surface area contributed by atoms with E-state index in [1.54, 1.807) is 26.0 Å². The van der Waals surface area contributed by atoms with Gasteiger partial charge in [0, 0.05) is 23.7 Å². The average molecular weight is 507 g/mol. The number of ether oxygens (including phenoxy) is 4. The number of fused-ring (bicyclic) bond motifs is 1. The number of nitrogens with one attached hydrogen (secondary N) is 1. The number of methoxy groups -OCH3 is 1. The molecule has 1 aromatic heterocycles. The van der Waals surface area contributed by atoms with Gasteiger partial charge in [0.15, 0.2) is 11.5 Å². The third kappa shape index (κ3) is 6.08. The number of aromatic nitrogens is 2. The topological polar surface area (TPSA) is 101 Å². The van der Waals surface area contributed by atoms with Crippen molar-refractivity contribution < 1.29 is 32.1 Å². The monoisotopic (exact) mass is 506 g/mol. The first-order valence-electron chi connectivity index (χ1n) is 11.6. The third-order valence-electron chi connectivity index (χ3n) is 5.83. The number of hydrogen-bond acceptors (Lipinski definition) is 8. The fourth-order valence-corrected chi connectivity index (χ4v) is 4.02. The molecule has 0 radical (unpaired) electrons. The summed E-state index contributed by atoms with van der Waals surface area (Å²) in [5.74, 6) is 1.91. The number of nitrogens with zero attached hydrogens (tertiary/aromatic N) is 2. The van der Waals surface area contributed by atoms with Crippen LogP contribution >= 0.6 is 0 Å². The van der Waals surface area contributed by atoms with Crippen LogP contribution in [-0.4, -0.2) is 49.6 Å². The number of nitrogens with two attached hydrogens (primary N) is 1. The molecule has 0 unspecified atom stereocenters. The second-order valence-corrected chi connectivity index (χ2v) is 8.60. The van der Waals surface area contributed by atoms with Crippen LogP contribution in [0.2, 0.25) is 0 Å². The number of halogens is 3. The van der Waals surface area contributed by atoms with Gasteiger partial charge in [-0.05, 0) is 50.1 Å². The zero-order valence-electron chi connectivity index (χ0n) is 20.3. The van der Waals surface area contributed by atoms with E-state index in [0.717, 1.165) is 18.6 Å².